The van der Waals surface area contributed by atoms with Gasteiger partial charge < -0.3 is 0 Å². The maximum atomic E-state index is 2.57. The van der Waals surface area contributed by atoms with Crippen LogP contribution >= 0.6 is 22.6 Å². The normalized spacial score (nSPS) is 12.6. The average Bonchev–Trinajstić information content (AvgIpc) is 2.58. The van der Waals surface area contributed by atoms with E-state index in [1.165, 1.54) is 70.6 Å². The molecule has 0 fully saturated rings. The number of alkyl halides is 1. The van der Waals surface area contributed by atoms with E-state index < -0.39 is 0 Å². The highest BCUT2D eigenvalue weighted by Gasteiger charge is 2.14. The van der Waals surface area contributed by atoms with Gasteiger partial charge in [0.05, 0.1) is 0 Å². The molecule has 0 saturated carbocycles. The zero-order chi connectivity index (χ0) is 20.5. The lowest BCUT2D eigenvalue weighted by molar-refractivity contribution is 0.308. The summed E-state index contributed by atoms with van der Waals surface area (Å²) in [6.45, 7) is 16.5. The van der Waals surface area contributed by atoms with E-state index in [2.05, 4.69) is 83.2 Å². The van der Waals surface area contributed by atoms with Crippen LogP contribution in [0.4, 0.5) is 0 Å². The van der Waals surface area contributed by atoms with E-state index in [1.807, 2.05) is 0 Å². The molecule has 1 heteroatoms. The second-order valence-electron chi connectivity index (χ2n) is 9.99. The minimum absolute atomic E-state index is 0.457. The van der Waals surface area contributed by atoms with Gasteiger partial charge in [0.25, 0.3) is 0 Å². The van der Waals surface area contributed by atoms with Gasteiger partial charge in [0, 0.05) is 3.42 Å². The monoisotopic (exact) mass is 484 g/mol. The van der Waals surface area contributed by atoms with Crippen LogP contribution in [0, 0.1) is 19.3 Å². The smallest absolute Gasteiger partial charge is 0.0166 e. The average molecular weight is 485 g/mol. The van der Waals surface area contributed by atoms with Gasteiger partial charge in [0.1, 0.15) is 0 Å². The molecule has 0 atom stereocenters. The number of aryl methyl sites for hydroxylation is 2. The number of rotatable bonds is 13. The van der Waals surface area contributed by atoms with Gasteiger partial charge in [0.15, 0.2) is 0 Å². The molecule has 1 aromatic rings. The van der Waals surface area contributed by atoms with Crippen LogP contribution in [-0.4, -0.2) is 3.42 Å². The summed E-state index contributed by atoms with van der Waals surface area (Å²) in [5.41, 5.74) is 6.79. The van der Waals surface area contributed by atoms with E-state index in [-0.39, 0.29) is 0 Å². The Kier molecular flexibility index (Phi) is 10.9. The first-order valence-electron chi connectivity index (χ1n) is 11.3. The van der Waals surface area contributed by atoms with Crippen LogP contribution in [0.3, 0.4) is 0 Å². The fourth-order valence-electron chi connectivity index (χ4n) is 3.78. The molecule has 27 heavy (non-hydrogen) atoms. The van der Waals surface area contributed by atoms with Gasteiger partial charge in [0.2, 0.25) is 0 Å². The van der Waals surface area contributed by atoms with Crippen LogP contribution in [-0.2, 0) is 12.8 Å². The van der Waals surface area contributed by atoms with Gasteiger partial charge in [-0.2, -0.15) is 0 Å². The molecule has 0 aliphatic carbocycles. The molecular weight excluding hydrogens is 439 g/mol. The Morgan fingerprint density at radius 3 is 1.56 bits per heavy atom. The lowest BCUT2D eigenvalue weighted by Crippen LogP contribution is -2.08. The van der Waals surface area contributed by atoms with E-state index in [4.69, 9.17) is 0 Å². The quantitative estimate of drug-likeness (QED) is 0.149. The molecule has 0 N–H and O–H groups in total. The number of hydrogen-bond acceptors (Lipinski definition) is 0. The van der Waals surface area contributed by atoms with Crippen molar-refractivity contribution in [2.45, 2.75) is 123 Å². The molecule has 0 aliphatic rings. The van der Waals surface area contributed by atoms with Crippen LogP contribution < -0.4 is 0 Å². The maximum absolute atomic E-state index is 2.57. The van der Waals surface area contributed by atoms with Crippen LogP contribution in [0.2, 0.25) is 0 Å². The molecule has 0 saturated heterocycles. The molecule has 1 rings (SSSR count). The summed E-state index contributed by atoms with van der Waals surface area (Å²) in [4.78, 5) is 0. The molecule has 0 heterocycles. The highest BCUT2D eigenvalue weighted by Crippen LogP contribution is 2.28. The predicted molar refractivity (Wildman–Crippen MR) is 132 cm³/mol. The SMILES string of the molecule is CCC(C)(C)CCCCCc1ccc(CCCCCC(C)(C)I)c(C)c1C. The number of benzene rings is 1. The Hall–Kier alpha value is -0.0500. The van der Waals surface area contributed by atoms with Crippen LogP contribution in [0.15, 0.2) is 12.1 Å². The minimum atomic E-state index is 0.457. The molecule has 0 aliphatic heterocycles. The molecule has 0 amide bonds. The topological polar surface area (TPSA) is 0 Å². The second-order valence-corrected chi connectivity index (χ2v) is 12.9. The lowest BCUT2D eigenvalue weighted by atomic mass is 9.84. The van der Waals surface area contributed by atoms with Gasteiger partial charge >= 0.3 is 0 Å². The van der Waals surface area contributed by atoms with Crippen LogP contribution in [0.1, 0.15) is 115 Å². The van der Waals surface area contributed by atoms with E-state index >= 15 is 0 Å². The summed E-state index contributed by atoms with van der Waals surface area (Å²) in [6.07, 6.45) is 14.7. The van der Waals surface area contributed by atoms with Gasteiger partial charge in [-0.15, -0.1) is 0 Å². The Morgan fingerprint density at radius 1 is 0.704 bits per heavy atom. The molecule has 156 valence electrons. The summed E-state index contributed by atoms with van der Waals surface area (Å²) in [5.74, 6) is 0. The van der Waals surface area contributed by atoms with Gasteiger partial charge in [-0.3, -0.25) is 0 Å². The maximum Gasteiger partial charge on any atom is 0.0166 e. The molecule has 0 radical (unpaired) electrons. The van der Waals surface area contributed by atoms with Crippen LogP contribution in [0.5, 0.6) is 0 Å². The van der Waals surface area contributed by atoms with E-state index in [0.717, 1.165) is 0 Å². The third-order valence-electron chi connectivity index (χ3n) is 6.49. The fourth-order valence-corrected chi connectivity index (χ4v) is 4.17. The summed E-state index contributed by atoms with van der Waals surface area (Å²) >= 11 is 2.57. The largest absolute Gasteiger partial charge is 0.0795 e. The van der Waals surface area contributed by atoms with E-state index in [1.54, 1.807) is 22.3 Å². The highest BCUT2D eigenvalue weighted by molar-refractivity contribution is 14.1. The Balaban J connectivity index is 2.39. The Labute approximate surface area is 184 Å². The van der Waals surface area contributed by atoms with Crippen molar-refractivity contribution >= 4 is 22.6 Å². The van der Waals surface area contributed by atoms with Crippen molar-refractivity contribution in [2.75, 3.05) is 0 Å². The van der Waals surface area contributed by atoms with Gasteiger partial charge in [-0.1, -0.05) is 101 Å². The lowest BCUT2D eigenvalue weighted by Gasteiger charge is -2.22. The number of hydrogen-bond donors (Lipinski definition) is 0. The fraction of sp³-hybridized carbons (Fsp3) is 0.769. The second kappa shape index (κ2) is 11.8. The predicted octanol–water partition coefficient (Wildman–Crippen LogP) is 9.16. The molecule has 0 nitrogen and oxygen atoms in total. The first-order valence-corrected chi connectivity index (χ1v) is 12.4. The van der Waals surface area contributed by atoms with Crippen molar-refractivity contribution < 1.29 is 0 Å². The standard InChI is InChI=1S/C26H45I/c1-8-25(4,5)19-13-9-11-15-23-17-18-24(22(3)21(23)2)16-12-10-14-20-26(6,7)27/h17-18H,8-16,19-20H2,1-7H3. The summed E-state index contributed by atoms with van der Waals surface area (Å²) in [7, 11) is 0. The zero-order valence-corrected chi connectivity index (χ0v) is 21.5. The third-order valence-corrected chi connectivity index (χ3v) is 7.03. The molecule has 0 spiro atoms. The summed E-state index contributed by atoms with van der Waals surface area (Å²) in [5, 5.41) is 0. The van der Waals surface area contributed by atoms with Crippen molar-refractivity contribution in [1.82, 2.24) is 0 Å². The van der Waals surface area contributed by atoms with Gasteiger partial charge in [-0.05, 0) is 80.0 Å². The minimum Gasteiger partial charge on any atom is -0.0795 e. The summed E-state index contributed by atoms with van der Waals surface area (Å²) in [6, 6.07) is 4.84. The Morgan fingerprint density at radius 2 is 1.15 bits per heavy atom. The summed E-state index contributed by atoms with van der Waals surface area (Å²) < 4.78 is 0.457. The van der Waals surface area contributed by atoms with Crippen molar-refractivity contribution in [3.63, 3.8) is 0 Å². The number of halogens is 1. The van der Waals surface area contributed by atoms with Gasteiger partial charge in [-0.25, -0.2) is 0 Å². The first kappa shape index (κ1) is 25.0. The Bertz CT molecular complexity index is 548. The van der Waals surface area contributed by atoms with Crippen molar-refractivity contribution in [3.8, 4) is 0 Å². The van der Waals surface area contributed by atoms with Crippen molar-refractivity contribution in [3.05, 3.63) is 34.4 Å². The highest BCUT2D eigenvalue weighted by atomic mass is 127. The third kappa shape index (κ3) is 10.3. The molecule has 1 aromatic carbocycles. The molecule has 0 aromatic heterocycles. The zero-order valence-electron chi connectivity index (χ0n) is 19.3. The van der Waals surface area contributed by atoms with Crippen LogP contribution in [0.25, 0.3) is 0 Å². The van der Waals surface area contributed by atoms with E-state index in [0.29, 0.717) is 8.84 Å². The molecular formula is C26H45I. The number of unbranched alkanes of at least 4 members (excludes halogenated alkanes) is 4. The van der Waals surface area contributed by atoms with Crippen molar-refractivity contribution in [1.29, 1.82) is 0 Å². The van der Waals surface area contributed by atoms with Crippen molar-refractivity contribution in [2.24, 2.45) is 5.41 Å². The molecule has 0 unspecified atom stereocenters. The van der Waals surface area contributed by atoms with E-state index in [9.17, 15) is 0 Å². The molecule has 0 bridgehead atoms. The first-order chi connectivity index (χ1) is 12.6.